The van der Waals surface area contributed by atoms with Gasteiger partial charge in [0.2, 0.25) is 11.8 Å². The second-order valence-electron chi connectivity index (χ2n) is 5.58. The van der Waals surface area contributed by atoms with Crippen LogP contribution in [0.15, 0.2) is 18.2 Å². The molecule has 1 saturated heterocycles. The summed E-state index contributed by atoms with van der Waals surface area (Å²) in [7, 11) is 0. The van der Waals surface area contributed by atoms with Crippen LogP contribution in [0.4, 0.5) is 11.4 Å². The number of nitrogens with zero attached hydrogens (tertiary/aromatic N) is 1. The average Bonchev–Trinajstić information content (AvgIpc) is 2.79. The van der Waals surface area contributed by atoms with Gasteiger partial charge in [0.1, 0.15) is 0 Å². The molecule has 1 fully saturated rings. The number of thioether (sulfide) groups is 1. The van der Waals surface area contributed by atoms with Gasteiger partial charge in [0.15, 0.2) is 5.12 Å². The molecule has 1 unspecified atom stereocenters. The summed E-state index contributed by atoms with van der Waals surface area (Å²) < 4.78 is 0. The Morgan fingerprint density at radius 3 is 2.73 bits per heavy atom. The van der Waals surface area contributed by atoms with E-state index in [4.69, 9.17) is 0 Å². The van der Waals surface area contributed by atoms with E-state index >= 15 is 0 Å². The van der Waals surface area contributed by atoms with Crippen molar-refractivity contribution >= 4 is 40.1 Å². The lowest BCUT2D eigenvalue weighted by molar-refractivity contribution is -0.117. The molecule has 22 heavy (non-hydrogen) atoms. The summed E-state index contributed by atoms with van der Waals surface area (Å²) in [6, 6.07) is 5.62. The molecule has 0 aromatic heterocycles. The molecule has 5 nitrogen and oxygen atoms in total. The predicted octanol–water partition coefficient (Wildman–Crippen LogP) is 2.59. The van der Waals surface area contributed by atoms with Gasteiger partial charge in [0.25, 0.3) is 0 Å². The van der Waals surface area contributed by atoms with E-state index < -0.39 is 0 Å². The summed E-state index contributed by atoms with van der Waals surface area (Å²) in [6.45, 7) is 5.51. The molecule has 1 atom stereocenters. The molecule has 118 valence electrons. The molecule has 0 spiro atoms. The second-order valence-corrected chi connectivity index (χ2v) is 6.78. The first-order chi connectivity index (χ1) is 10.4. The van der Waals surface area contributed by atoms with E-state index in [0.29, 0.717) is 24.4 Å². The highest BCUT2D eigenvalue weighted by Crippen LogP contribution is 2.33. The van der Waals surface area contributed by atoms with Gasteiger partial charge in [0, 0.05) is 32.6 Å². The molecule has 1 aromatic carbocycles. The summed E-state index contributed by atoms with van der Waals surface area (Å²) in [5.74, 6) is 0.678. The fraction of sp³-hybridized carbons (Fsp3) is 0.438. The summed E-state index contributed by atoms with van der Waals surface area (Å²) in [4.78, 5) is 36.4. The lowest BCUT2D eigenvalue weighted by atomic mass is 10.1. The predicted molar refractivity (Wildman–Crippen MR) is 89.1 cm³/mol. The Balaban J connectivity index is 2.20. The third-order valence-electron chi connectivity index (χ3n) is 3.48. The van der Waals surface area contributed by atoms with Crippen LogP contribution in [0.5, 0.6) is 0 Å². The van der Waals surface area contributed by atoms with Crippen molar-refractivity contribution < 1.29 is 14.4 Å². The van der Waals surface area contributed by atoms with Gasteiger partial charge < -0.3 is 10.2 Å². The number of anilines is 2. The van der Waals surface area contributed by atoms with Crippen LogP contribution in [0.2, 0.25) is 0 Å². The highest BCUT2D eigenvalue weighted by molar-refractivity contribution is 8.13. The zero-order valence-electron chi connectivity index (χ0n) is 13.0. The van der Waals surface area contributed by atoms with Gasteiger partial charge in [-0.15, -0.1) is 0 Å². The number of nitrogens with one attached hydrogen (secondary N) is 1. The van der Waals surface area contributed by atoms with Crippen LogP contribution in [-0.2, 0) is 14.4 Å². The maximum Gasteiger partial charge on any atom is 0.227 e. The van der Waals surface area contributed by atoms with Crippen molar-refractivity contribution in [3.05, 3.63) is 23.8 Å². The minimum atomic E-state index is -0.166. The molecule has 2 rings (SSSR count). The van der Waals surface area contributed by atoms with E-state index in [1.807, 2.05) is 25.1 Å². The number of hydrogen-bond acceptors (Lipinski definition) is 4. The smallest absolute Gasteiger partial charge is 0.227 e. The molecule has 1 heterocycles. The van der Waals surface area contributed by atoms with Crippen LogP contribution in [-0.4, -0.2) is 29.2 Å². The lowest BCUT2D eigenvalue weighted by Gasteiger charge is -2.21. The van der Waals surface area contributed by atoms with E-state index in [9.17, 15) is 14.4 Å². The standard InChI is InChI=1S/C16H20N2O3S/c1-10-4-5-14(17-11(2)19)15(6-10)18-8-13(7-16(18)21)9-22-12(3)20/h4-6,13H,7-9H2,1-3H3,(H,17,19). The maximum atomic E-state index is 12.3. The molecule has 6 heteroatoms. The average molecular weight is 320 g/mol. The summed E-state index contributed by atoms with van der Waals surface area (Å²) in [5, 5.41) is 2.84. The molecular weight excluding hydrogens is 300 g/mol. The zero-order valence-corrected chi connectivity index (χ0v) is 13.8. The number of aryl methyl sites for hydroxylation is 1. The molecule has 1 aliphatic rings. The van der Waals surface area contributed by atoms with Gasteiger partial charge in [0.05, 0.1) is 11.4 Å². The third-order valence-corrected chi connectivity index (χ3v) is 4.53. The van der Waals surface area contributed by atoms with Crippen LogP contribution < -0.4 is 10.2 Å². The Morgan fingerprint density at radius 1 is 1.36 bits per heavy atom. The topological polar surface area (TPSA) is 66.5 Å². The minimum absolute atomic E-state index is 0.0337. The van der Waals surface area contributed by atoms with Crippen LogP contribution in [0, 0.1) is 12.8 Å². The molecule has 1 aliphatic heterocycles. The number of rotatable bonds is 4. The van der Waals surface area contributed by atoms with Crippen LogP contribution in [0.3, 0.4) is 0 Å². The highest BCUT2D eigenvalue weighted by Gasteiger charge is 2.32. The van der Waals surface area contributed by atoms with Gasteiger partial charge in [-0.25, -0.2) is 0 Å². The molecular formula is C16H20N2O3S. The minimum Gasteiger partial charge on any atom is -0.325 e. The van der Waals surface area contributed by atoms with E-state index in [-0.39, 0.29) is 22.8 Å². The Bertz CT molecular complexity index is 615. The number of carbonyl (C=O) groups excluding carboxylic acids is 3. The Kier molecular flexibility index (Phi) is 5.24. The Labute approximate surface area is 134 Å². The van der Waals surface area contributed by atoms with Crippen LogP contribution in [0.1, 0.15) is 25.8 Å². The number of hydrogen-bond donors (Lipinski definition) is 1. The highest BCUT2D eigenvalue weighted by atomic mass is 32.2. The fourth-order valence-corrected chi connectivity index (χ4v) is 3.22. The first-order valence-electron chi connectivity index (χ1n) is 7.18. The van der Waals surface area contributed by atoms with Crippen molar-refractivity contribution in [2.75, 3.05) is 22.5 Å². The summed E-state index contributed by atoms with van der Waals surface area (Å²) in [6.07, 6.45) is 0.438. The van der Waals surface area contributed by atoms with Gasteiger partial charge in [-0.05, 0) is 30.5 Å². The molecule has 0 saturated carbocycles. The Morgan fingerprint density at radius 2 is 2.09 bits per heavy atom. The zero-order chi connectivity index (χ0) is 16.3. The van der Waals surface area contributed by atoms with Crippen molar-refractivity contribution in [3.8, 4) is 0 Å². The second kappa shape index (κ2) is 6.96. The monoisotopic (exact) mass is 320 g/mol. The normalized spacial score (nSPS) is 17.7. The van der Waals surface area contributed by atoms with Crippen molar-refractivity contribution in [3.63, 3.8) is 0 Å². The van der Waals surface area contributed by atoms with E-state index in [2.05, 4.69) is 5.32 Å². The van der Waals surface area contributed by atoms with Gasteiger partial charge in [-0.2, -0.15) is 0 Å². The molecule has 1 aromatic rings. The first kappa shape index (κ1) is 16.5. The number of benzene rings is 1. The van der Waals surface area contributed by atoms with Crippen molar-refractivity contribution in [1.29, 1.82) is 0 Å². The number of amides is 2. The molecule has 1 N–H and O–H groups in total. The van der Waals surface area contributed by atoms with E-state index in [1.54, 1.807) is 4.90 Å². The van der Waals surface area contributed by atoms with Crippen molar-refractivity contribution in [1.82, 2.24) is 0 Å². The molecule has 0 aliphatic carbocycles. The van der Waals surface area contributed by atoms with Gasteiger partial charge >= 0.3 is 0 Å². The summed E-state index contributed by atoms with van der Waals surface area (Å²) in [5.41, 5.74) is 2.40. The SMILES string of the molecule is CC(=O)Nc1ccc(C)cc1N1CC(CSC(C)=O)CC1=O. The first-order valence-corrected chi connectivity index (χ1v) is 8.17. The summed E-state index contributed by atoms with van der Waals surface area (Å²) >= 11 is 1.26. The molecule has 0 radical (unpaired) electrons. The molecule has 2 amide bonds. The molecule has 0 bridgehead atoms. The quantitative estimate of drug-likeness (QED) is 0.926. The third kappa shape index (κ3) is 4.10. The van der Waals surface area contributed by atoms with E-state index in [0.717, 1.165) is 11.3 Å². The van der Waals surface area contributed by atoms with Crippen molar-refractivity contribution in [2.24, 2.45) is 5.92 Å². The van der Waals surface area contributed by atoms with Gasteiger partial charge in [-0.1, -0.05) is 17.8 Å². The Hall–Kier alpha value is -1.82. The number of carbonyl (C=O) groups is 3. The fourth-order valence-electron chi connectivity index (χ4n) is 2.52. The largest absolute Gasteiger partial charge is 0.325 e. The van der Waals surface area contributed by atoms with Crippen LogP contribution in [0.25, 0.3) is 0 Å². The van der Waals surface area contributed by atoms with Crippen molar-refractivity contribution in [2.45, 2.75) is 27.2 Å². The van der Waals surface area contributed by atoms with Crippen LogP contribution >= 0.6 is 11.8 Å². The maximum absolute atomic E-state index is 12.3. The van der Waals surface area contributed by atoms with E-state index in [1.165, 1.54) is 25.6 Å². The lowest BCUT2D eigenvalue weighted by Crippen LogP contribution is -2.26. The van der Waals surface area contributed by atoms with Gasteiger partial charge in [-0.3, -0.25) is 14.4 Å².